The van der Waals surface area contributed by atoms with Gasteiger partial charge < -0.3 is 10.6 Å². The van der Waals surface area contributed by atoms with Gasteiger partial charge in [0, 0.05) is 34.3 Å². The monoisotopic (exact) mass is 397 g/mol. The first-order valence-corrected chi connectivity index (χ1v) is 10.2. The Morgan fingerprint density at radius 2 is 1.81 bits per heavy atom. The van der Waals surface area contributed by atoms with Crippen LogP contribution in [0.25, 0.3) is 0 Å². The molecule has 0 spiro atoms. The Morgan fingerprint density at radius 1 is 1.07 bits per heavy atom. The number of aromatic nitrogens is 1. The van der Waals surface area contributed by atoms with Gasteiger partial charge in [0.2, 0.25) is 5.91 Å². The number of rotatable bonds is 6. The topological polar surface area (TPSA) is 71.1 Å². The zero-order chi connectivity index (χ0) is 19.2. The Morgan fingerprint density at radius 3 is 2.52 bits per heavy atom. The molecule has 0 bridgehead atoms. The lowest BCUT2D eigenvalue weighted by atomic mass is 10.1. The molecule has 2 N–H and O–H groups in total. The van der Waals surface area contributed by atoms with Gasteiger partial charge in [-0.15, -0.1) is 23.1 Å². The van der Waals surface area contributed by atoms with E-state index in [1.807, 2.05) is 48.7 Å². The van der Waals surface area contributed by atoms with E-state index in [2.05, 4.69) is 15.6 Å². The summed E-state index contributed by atoms with van der Waals surface area (Å²) in [5.41, 5.74) is 5.59. The van der Waals surface area contributed by atoms with Crippen LogP contribution >= 0.6 is 23.1 Å². The lowest BCUT2D eigenvalue weighted by molar-refractivity contribution is -0.114. The maximum Gasteiger partial charge on any atom is 0.256 e. The van der Waals surface area contributed by atoms with E-state index in [-0.39, 0.29) is 11.8 Å². The first-order valence-electron chi connectivity index (χ1n) is 8.32. The molecule has 1 heterocycles. The van der Waals surface area contributed by atoms with Crippen LogP contribution in [0, 0.1) is 6.92 Å². The van der Waals surface area contributed by atoms with Crippen LogP contribution in [0.4, 0.5) is 11.4 Å². The highest BCUT2D eigenvalue weighted by Crippen LogP contribution is 2.28. The number of nitrogens with one attached hydrogen (secondary N) is 2. The van der Waals surface area contributed by atoms with Gasteiger partial charge in [-0.1, -0.05) is 18.2 Å². The molecule has 0 aliphatic rings. The van der Waals surface area contributed by atoms with Crippen LogP contribution < -0.4 is 10.6 Å². The fourth-order valence-electron chi connectivity index (χ4n) is 2.53. The summed E-state index contributed by atoms with van der Waals surface area (Å²) >= 11 is 3.15. The summed E-state index contributed by atoms with van der Waals surface area (Å²) < 4.78 is 0. The third-order valence-electron chi connectivity index (χ3n) is 3.88. The predicted octanol–water partition coefficient (Wildman–Crippen LogP) is 4.95. The molecule has 3 aromatic rings. The smallest absolute Gasteiger partial charge is 0.256 e. The Hall–Kier alpha value is -2.64. The summed E-state index contributed by atoms with van der Waals surface area (Å²) in [5, 5.41) is 7.74. The summed E-state index contributed by atoms with van der Waals surface area (Å²) in [5.74, 6) is 0.384. The Labute approximate surface area is 166 Å². The average molecular weight is 398 g/mol. The minimum atomic E-state index is -0.181. The SMILES string of the molecule is CC(=O)Nc1cccc(NC(=O)c2ccccc2SCc2cscn2)c1C. The van der Waals surface area contributed by atoms with E-state index in [1.165, 1.54) is 6.92 Å². The van der Waals surface area contributed by atoms with Crippen LogP contribution in [0.5, 0.6) is 0 Å². The lowest BCUT2D eigenvalue weighted by Crippen LogP contribution is -2.15. The van der Waals surface area contributed by atoms with E-state index in [0.717, 1.165) is 16.2 Å². The molecule has 0 atom stereocenters. The molecule has 2 amide bonds. The summed E-state index contributed by atoms with van der Waals surface area (Å²) in [6, 6.07) is 13.0. The van der Waals surface area contributed by atoms with E-state index >= 15 is 0 Å². The summed E-state index contributed by atoms with van der Waals surface area (Å²) in [7, 11) is 0. The molecule has 0 radical (unpaired) electrons. The number of carbonyl (C=O) groups is 2. The van der Waals surface area contributed by atoms with Gasteiger partial charge in [-0.05, 0) is 36.8 Å². The minimum absolute atomic E-state index is 0.148. The first-order chi connectivity index (χ1) is 13.0. The number of hydrogen-bond acceptors (Lipinski definition) is 5. The molecule has 1 aromatic heterocycles. The Balaban J connectivity index is 1.78. The van der Waals surface area contributed by atoms with Crippen molar-refractivity contribution in [2.24, 2.45) is 0 Å². The maximum atomic E-state index is 12.9. The molecule has 0 unspecified atom stereocenters. The van der Waals surface area contributed by atoms with Crippen LogP contribution in [-0.4, -0.2) is 16.8 Å². The predicted molar refractivity (Wildman–Crippen MR) is 112 cm³/mol. The fourth-order valence-corrected chi connectivity index (χ4v) is 4.14. The third-order valence-corrected chi connectivity index (χ3v) is 5.63. The molecule has 0 aliphatic carbocycles. The fraction of sp³-hybridized carbons (Fsp3) is 0.150. The van der Waals surface area contributed by atoms with E-state index < -0.39 is 0 Å². The average Bonchev–Trinajstić information content (AvgIpc) is 3.17. The van der Waals surface area contributed by atoms with Crippen molar-refractivity contribution in [3.63, 3.8) is 0 Å². The maximum absolute atomic E-state index is 12.9. The molecule has 138 valence electrons. The van der Waals surface area contributed by atoms with Crippen LogP contribution in [0.2, 0.25) is 0 Å². The van der Waals surface area contributed by atoms with Crippen molar-refractivity contribution in [1.82, 2.24) is 4.98 Å². The Kier molecular flexibility index (Phi) is 6.26. The van der Waals surface area contributed by atoms with Crippen LogP contribution in [0.3, 0.4) is 0 Å². The second kappa shape index (κ2) is 8.83. The quantitative estimate of drug-likeness (QED) is 0.577. The largest absolute Gasteiger partial charge is 0.326 e. The van der Waals surface area contributed by atoms with Crippen LogP contribution in [0.15, 0.2) is 58.3 Å². The van der Waals surface area contributed by atoms with Gasteiger partial charge >= 0.3 is 0 Å². The van der Waals surface area contributed by atoms with Crippen molar-refractivity contribution in [3.05, 3.63) is 70.2 Å². The summed E-state index contributed by atoms with van der Waals surface area (Å²) in [4.78, 5) is 29.4. The minimum Gasteiger partial charge on any atom is -0.326 e. The molecule has 27 heavy (non-hydrogen) atoms. The standard InChI is InChI=1S/C20H19N3O2S2/c1-13-17(22-14(2)24)7-5-8-18(13)23-20(25)16-6-3-4-9-19(16)27-11-15-10-26-12-21-15/h3-10,12H,11H2,1-2H3,(H,22,24)(H,23,25). The van der Waals surface area contributed by atoms with Gasteiger partial charge in [0.25, 0.3) is 5.91 Å². The summed E-state index contributed by atoms with van der Waals surface area (Å²) in [6.07, 6.45) is 0. The summed E-state index contributed by atoms with van der Waals surface area (Å²) in [6.45, 7) is 3.32. The van der Waals surface area contributed by atoms with Crippen molar-refractivity contribution >= 4 is 46.3 Å². The van der Waals surface area contributed by atoms with Gasteiger partial charge in [-0.25, -0.2) is 4.98 Å². The number of nitrogens with zero attached hydrogens (tertiary/aromatic N) is 1. The number of benzene rings is 2. The zero-order valence-corrected chi connectivity index (χ0v) is 16.6. The Bertz CT molecular complexity index is 956. The third kappa shape index (κ3) is 4.96. The molecule has 3 rings (SSSR count). The highest BCUT2D eigenvalue weighted by atomic mass is 32.2. The number of anilines is 2. The van der Waals surface area contributed by atoms with Gasteiger partial charge in [-0.2, -0.15) is 0 Å². The molecule has 7 heteroatoms. The van der Waals surface area contributed by atoms with Crippen molar-refractivity contribution in [1.29, 1.82) is 0 Å². The van der Waals surface area contributed by atoms with Crippen molar-refractivity contribution in [3.8, 4) is 0 Å². The molecule has 5 nitrogen and oxygen atoms in total. The molecule has 0 aliphatic heterocycles. The normalized spacial score (nSPS) is 10.4. The van der Waals surface area contributed by atoms with Crippen LogP contribution in [0.1, 0.15) is 28.5 Å². The molecule has 2 aromatic carbocycles. The van der Waals surface area contributed by atoms with E-state index in [9.17, 15) is 9.59 Å². The van der Waals surface area contributed by atoms with Gasteiger partial charge in [0.05, 0.1) is 16.8 Å². The van der Waals surface area contributed by atoms with Gasteiger partial charge in [-0.3, -0.25) is 9.59 Å². The molecule has 0 saturated heterocycles. The highest BCUT2D eigenvalue weighted by Gasteiger charge is 2.14. The van der Waals surface area contributed by atoms with Crippen molar-refractivity contribution in [2.75, 3.05) is 10.6 Å². The molecular weight excluding hydrogens is 378 g/mol. The number of hydrogen-bond donors (Lipinski definition) is 2. The van der Waals surface area contributed by atoms with Crippen molar-refractivity contribution in [2.45, 2.75) is 24.5 Å². The number of thioether (sulfide) groups is 1. The number of amides is 2. The number of thiazole rings is 1. The zero-order valence-electron chi connectivity index (χ0n) is 15.0. The molecule has 0 saturated carbocycles. The van der Waals surface area contributed by atoms with E-state index in [1.54, 1.807) is 34.7 Å². The number of carbonyl (C=O) groups excluding carboxylic acids is 2. The molecular formula is C20H19N3O2S2. The van der Waals surface area contributed by atoms with Gasteiger partial charge in [0.15, 0.2) is 0 Å². The van der Waals surface area contributed by atoms with Gasteiger partial charge in [0.1, 0.15) is 0 Å². The van der Waals surface area contributed by atoms with Crippen LogP contribution in [-0.2, 0) is 10.5 Å². The second-order valence-electron chi connectivity index (χ2n) is 5.88. The van der Waals surface area contributed by atoms with Crippen molar-refractivity contribution < 1.29 is 9.59 Å². The van der Waals surface area contributed by atoms with E-state index in [0.29, 0.717) is 22.7 Å². The second-order valence-corrected chi connectivity index (χ2v) is 7.61. The molecule has 0 fully saturated rings. The van der Waals surface area contributed by atoms with E-state index in [4.69, 9.17) is 0 Å². The highest BCUT2D eigenvalue weighted by molar-refractivity contribution is 7.98. The lowest BCUT2D eigenvalue weighted by Gasteiger charge is -2.14. The first kappa shape index (κ1) is 19.1.